The van der Waals surface area contributed by atoms with Gasteiger partial charge in [0.25, 0.3) is 0 Å². The molecule has 2 heteroatoms. The number of allylic oxidation sites excluding steroid dienone is 4. The second-order valence-electron chi connectivity index (χ2n) is 2.10. The fourth-order valence-electron chi connectivity index (χ4n) is 0.856. The van der Waals surface area contributed by atoms with Gasteiger partial charge in [0.15, 0.2) is 0 Å². The predicted octanol–water partition coefficient (Wildman–Crippen LogP) is 3.36. The van der Waals surface area contributed by atoms with Crippen LogP contribution in [0.3, 0.4) is 0 Å². The SMILES string of the molecule is C1=CCCC=CCC1.[Cl][Ag]. The molecular formula is C8H12AgCl. The average Bonchev–Trinajstić information content (AvgIpc) is 1.90. The van der Waals surface area contributed by atoms with Crippen molar-refractivity contribution in [3.05, 3.63) is 24.3 Å². The van der Waals surface area contributed by atoms with Crippen LogP contribution >= 0.6 is 9.19 Å². The third-order valence-corrected chi connectivity index (χ3v) is 1.33. The molecule has 0 bridgehead atoms. The molecule has 0 unspecified atom stereocenters. The summed E-state index contributed by atoms with van der Waals surface area (Å²) in [7, 11) is 4.45. The van der Waals surface area contributed by atoms with Gasteiger partial charge in [0.1, 0.15) is 0 Å². The third kappa shape index (κ3) is 6.63. The molecule has 0 spiro atoms. The van der Waals surface area contributed by atoms with Crippen LogP contribution in [-0.4, -0.2) is 0 Å². The van der Waals surface area contributed by atoms with E-state index in [0.29, 0.717) is 0 Å². The minimum absolute atomic E-state index is 1.23. The Bertz CT molecular complexity index is 81.8. The molecule has 0 aliphatic heterocycles. The standard InChI is InChI=1S/C8H12.Ag.ClH/c1-2-4-6-8-7-5-3-1;;/h1-2,7-8H,3-6H2;;1H/q;+1;/p-1. The maximum atomic E-state index is 4.45. The second kappa shape index (κ2) is 9.51. The third-order valence-electron chi connectivity index (χ3n) is 1.33. The van der Waals surface area contributed by atoms with Crippen molar-refractivity contribution in [2.75, 3.05) is 0 Å². The van der Waals surface area contributed by atoms with Crippen LogP contribution in [0.25, 0.3) is 0 Å². The molecule has 0 atom stereocenters. The Kier molecular flexibility index (Phi) is 10.00. The van der Waals surface area contributed by atoms with Crippen molar-refractivity contribution in [2.24, 2.45) is 0 Å². The van der Waals surface area contributed by atoms with E-state index in [0.717, 1.165) is 0 Å². The average molecular weight is 252 g/mol. The van der Waals surface area contributed by atoms with Gasteiger partial charge in [-0.1, -0.05) is 24.3 Å². The Labute approximate surface area is 79.1 Å². The molecule has 0 radical (unpaired) electrons. The summed E-state index contributed by atoms with van der Waals surface area (Å²) >= 11 is 2.42. The van der Waals surface area contributed by atoms with Crippen LogP contribution < -0.4 is 0 Å². The molecular weight excluding hydrogens is 239 g/mol. The van der Waals surface area contributed by atoms with E-state index < -0.39 is 0 Å². The molecule has 0 N–H and O–H groups in total. The van der Waals surface area contributed by atoms with E-state index in [9.17, 15) is 0 Å². The normalized spacial score (nSPS) is 16.7. The van der Waals surface area contributed by atoms with Crippen LogP contribution in [-0.2, 0) is 20.0 Å². The van der Waals surface area contributed by atoms with Gasteiger partial charge in [-0.25, -0.2) is 0 Å². The number of hydrogen-bond acceptors (Lipinski definition) is 0. The van der Waals surface area contributed by atoms with E-state index in [1.165, 1.54) is 25.7 Å². The van der Waals surface area contributed by atoms with Crippen molar-refractivity contribution in [3.63, 3.8) is 0 Å². The van der Waals surface area contributed by atoms with Gasteiger partial charge in [0, 0.05) is 0 Å². The molecule has 0 saturated heterocycles. The molecule has 0 nitrogen and oxygen atoms in total. The van der Waals surface area contributed by atoms with Gasteiger partial charge in [0.05, 0.1) is 0 Å². The summed E-state index contributed by atoms with van der Waals surface area (Å²) in [5.74, 6) is 0. The van der Waals surface area contributed by atoms with Crippen LogP contribution in [0.2, 0.25) is 0 Å². The van der Waals surface area contributed by atoms with Gasteiger partial charge in [-0.05, 0) is 25.7 Å². The Hall–Kier alpha value is 0.510. The van der Waals surface area contributed by atoms with Crippen LogP contribution in [0.4, 0.5) is 0 Å². The molecule has 0 amide bonds. The van der Waals surface area contributed by atoms with Gasteiger partial charge in [-0.2, -0.15) is 0 Å². The monoisotopic (exact) mass is 250 g/mol. The fraction of sp³-hybridized carbons (Fsp3) is 0.500. The molecule has 62 valence electrons. The molecule has 1 aliphatic rings. The first-order chi connectivity index (χ1) is 5.00. The van der Waals surface area contributed by atoms with Gasteiger partial charge >= 0.3 is 29.2 Å². The molecule has 0 fully saturated rings. The number of rotatable bonds is 0. The van der Waals surface area contributed by atoms with Crippen molar-refractivity contribution < 1.29 is 20.0 Å². The molecule has 0 saturated carbocycles. The summed E-state index contributed by atoms with van der Waals surface area (Å²) < 4.78 is 0. The quantitative estimate of drug-likeness (QED) is 0.457. The Morgan fingerprint density at radius 3 is 1.10 bits per heavy atom. The first kappa shape index (κ1) is 10.5. The van der Waals surface area contributed by atoms with E-state index in [-0.39, 0.29) is 0 Å². The van der Waals surface area contributed by atoms with Gasteiger partial charge < -0.3 is 0 Å². The fourth-order valence-corrected chi connectivity index (χ4v) is 0.856. The van der Waals surface area contributed by atoms with Crippen molar-refractivity contribution in [1.29, 1.82) is 0 Å². The molecule has 10 heavy (non-hydrogen) atoms. The minimum atomic E-state index is 1.23. The van der Waals surface area contributed by atoms with E-state index >= 15 is 0 Å². The Morgan fingerprint density at radius 1 is 0.700 bits per heavy atom. The molecule has 0 heterocycles. The maximum absolute atomic E-state index is 4.45. The first-order valence-electron chi connectivity index (χ1n) is 3.41. The van der Waals surface area contributed by atoms with Crippen molar-refractivity contribution in [1.82, 2.24) is 0 Å². The van der Waals surface area contributed by atoms with E-state index in [1.54, 1.807) is 0 Å². The topological polar surface area (TPSA) is 0 Å². The zero-order valence-corrected chi connectivity index (χ0v) is 8.06. The summed E-state index contributed by atoms with van der Waals surface area (Å²) in [6.07, 6.45) is 14.0. The van der Waals surface area contributed by atoms with Crippen LogP contribution in [0.15, 0.2) is 24.3 Å². The summed E-state index contributed by atoms with van der Waals surface area (Å²) in [6.45, 7) is 0. The van der Waals surface area contributed by atoms with E-state index in [2.05, 4.69) is 53.5 Å². The molecule has 1 aliphatic carbocycles. The van der Waals surface area contributed by atoms with E-state index in [1.807, 2.05) is 0 Å². The Balaban J connectivity index is 0.000000371. The first-order valence-corrected chi connectivity index (χ1v) is 5.32. The van der Waals surface area contributed by atoms with Crippen molar-refractivity contribution >= 4 is 9.19 Å². The summed E-state index contributed by atoms with van der Waals surface area (Å²) in [4.78, 5) is 0. The number of halogens is 1. The predicted molar refractivity (Wildman–Crippen MR) is 42.6 cm³/mol. The van der Waals surface area contributed by atoms with Crippen molar-refractivity contribution in [3.8, 4) is 0 Å². The van der Waals surface area contributed by atoms with Crippen LogP contribution in [0.5, 0.6) is 0 Å². The van der Waals surface area contributed by atoms with Gasteiger partial charge in [-0.3, -0.25) is 0 Å². The van der Waals surface area contributed by atoms with Gasteiger partial charge in [0.2, 0.25) is 0 Å². The molecule has 0 aromatic rings. The zero-order chi connectivity index (χ0) is 7.66. The molecule has 0 aromatic carbocycles. The summed E-state index contributed by atoms with van der Waals surface area (Å²) in [5, 5.41) is 0. The van der Waals surface area contributed by atoms with Crippen LogP contribution in [0, 0.1) is 0 Å². The summed E-state index contributed by atoms with van der Waals surface area (Å²) in [6, 6.07) is 0. The summed E-state index contributed by atoms with van der Waals surface area (Å²) in [5.41, 5.74) is 0. The molecule has 0 aromatic heterocycles. The molecule has 1 rings (SSSR count). The number of hydrogen-bond donors (Lipinski definition) is 0. The van der Waals surface area contributed by atoms with E-state index in [4.69, 9.17) is 0 Å². The van der Waals surface area contributed by atoms with Crippen LogP contribution in [0.1, 0.15) is 25.7 Å². The zero-order valence-electron chi connectivity index (χ0n) is 5.82. The van der Waals surface area contributed by atoms with Gasteiger partial charge in [-0.15, -0.1) is 0 Å². The Morgan fingerprint density at radius 2 is 0.900 bits per heavy atom. The second-order valence-corrected chi connectivity index (χ2v) is 2.10. The van der Waals surface area contributed by atoms with Crippen molar-refractivity contribution in [2.45, 2.75) is 25.7 Å².